The fourth-order valence-electron chi connectivity index (χ4n) is 2.74. The zero-order valence-electron chi connectivity index (χ0n) is 15.2. The smallest absolute Gasteiger partial charge is 0.380 e. The molecule has 8 heteroatoms. The molecule has 0 aliphatic carbocycles. The molecule has 0 radical (unpaired) electrons. The third-order valence-electron chi connectivity index (χ3n) is 3.99. The van der Waals surface area contributed by atoms with Gasteiger partial charge in [0.1, 0.15) is 6.10 Å². The van der Waals surface area contributed by atoms with E-state index in [0.717, 1.165) is 18.1 Å². The van der Waals surface area contributed by atoms with Crippen LogP contribution in [0.5, 0.6) is 0 Å². The van der Waals surface area contributed by atoms with Crippen molar-refractivity contribution in [2.24, 2.45) is 4.99 Å². The molecular weight excluding hydrogens is 347 g/mol. The number of halogens is 3. The molecule has 1 aromatic carbocycles. The van der Waals surface area contributed by atoms with Gasteiger partial charge in [-0.2, -0.15) is 13.2 Å². The fraction of sp³-hybridized carbons (Fsp3) is 0.611. The highest BCUT2D eigenvalue weighted by Crippen LogP contribution is 2.32. The molecule has 1 aromatic rings. The second-order valence-electron chi connectivity index (χ2n) is 5.86. The summed E-state index contributed by atoms with van der Waals surface area (Å²) in [6, 6.07) is 5.32. The Morgan fingerprint density at radius 1 is 1.38 bits per heavy atom. The number of aliphatic imine (C=N–C) groups is 1. The van der Waals surface area contributed by atoms with Gasteiger partial charge in [0.15, 0.2) is 5.96 Å². The minimum absolute atomic E-state index is 0.427. The number of hydrogen-bond acceptors (Lipinski definition) is 3. The summed E-state index contributed by atoms with van der Waals surface area (Å²) in [6.07, 6.45) is -4.79. The lowest BCUT2D eigenvalue weighted by atomic mass is 10.0. The number of rotatable bonds is 6. The number of morpholine rings is 1. The Hall–Kier alpha value is -1.80. The maximum Gasteiger partial charge on any atom is 0.416 e. The van der Waals surface area contributed by atoms with E-state index in [2.05, 4.69) is 10.3 Å². The monoisotopic (exact) mass is 373 g/mol. The van der Waals surface area contributed by atoms with Crippen molar-refractivity contribution >= 4 is 5.96 Å². The molecule has 0 spiro atoms. The second kappa shape index (κ2) is 9.78. The number of ether oxygens (including phenoxy) is 2. The van der Waals surface area contributed by atoms with E-state index in [-0.39, 0.29) is 0 Å². The van der Waals surface area contributed by atoms with Gasteiger partial charge in [-0.05, 0) is 31.5 Å². The molecule has 1 aliphatic heterocycles. The minimum atomic E-state index is -4.36. The highest BCUT2D eigenvalue weighted by molar-refractivity contribution is 5.80. The summed E-state index contributed by atoms with van der Waals surface area (Å²) in [5, 5.41) is 3.22. The average Bonchev–Trinajstić information content (AvgIpc) is 2.64. The van der Waals surface area contributed by atoms with Gasteiger partial charge >= 0.3 is 6.18 Å². The van der Waals surface area contributed by atoms with E-state index in [4.69, 9.17) is 9.47 Å². The van der Waals surface area contributed by atoms with Gasteiger partial charge in [0.05, 0.1) is 31.9 Å². The van der Waals surface area contributed by atoms with Crippen molar-refractivity contribution in [3.8, 4) is 0 Å². The normalized spacial score (nSPS) is 18.9. The highest BCUT2D eigenvalue weighted by Gasteiger charge is 2.32. The maximum absolute atomic E-state index is 13.0. The van der Waals surface area contributed by atoms with Crippen molar-refractivity contribution in [3.63, 3.8) is 0 Å². The van der Waals surface area contributed by atoms with Crippen molar-refractivity contribution in [1.82, 2.24) is 10.2 Å². The standard InChI is InChI=1S/C18H26F3N3O2/c1-3-22-17(23-8-10-25-4-2)24-9-11-26-16(13-24)14-6-5-7-15(12-14)18(19,20)21/h5-7,12,16H,3-4,8-11,13H2,1-2H3,(H,22,23). The van der Waals surface area contributed by atoms with Crippen molar-refractivity contribution in [1.29, 1.82) is 0 Å². The SMILES string of the molecule is CCNC(=NCCOCC)N1CCOC(c2cccc(C(F)(F)F)c2)C1. The van der Waals surface area contributed by atoms with Gasteiger partial charge in [-0.1, -0.05) is 12.1 Å². The van der Waals surface area contributed by atoms with Crippen molar-refractivity contribution < 1.29 is 22.6 Å². The Morgan fingerprint density at radius 2 is 2.19 bits per heavy atom. The van der Waals surface area contributed by atoms with Crippen molar-refractivity contribution in [3.05, 3.63) is 35.4 Å². The summed E-state index contributed by atoms with van der Waals surface area (Å²) in [7, 11) is 0. The fourth-order valence-corrected chi connectivity index (χ4v) is 2.74. The molecule has 0 aromatic heterocycles. The summed E-state index contributed by atoms with van der Waals surface area (Å²) in [5.74, 6) is 0.729. The van der Waals surface area contributed by atoms with E-state index in [1.807, 2.05) is 18.7 Å². The zero-order chi connectivity index (χ0) is 19.0. The van der Waals surface area contributed by atoms with Crippen LogP contribution in [-0.4, -0.2) is 56.9 Å². The van der Waals surface area contributed by atoms with E-state index < -0.39 is 17.8 Å². The van der Waals surface area contributed by atoms with Crippen LogP contribution < -0.4 is 5.32 Å². The lowest BCUT2D eigenvalue weighted by Gasteiger charge is -2.35. The van der Waals surface area contributed by atoms with Crippen molar-refractivity contribution in [2.45, 2.75) is 26.1 Å². The first kappa shape index (κ1) is 20.5. The highest BCUT2D eigenvalue weighted by atomic mass is 19.4. The van der Waals surface area contributed by atoms with E-state index >= 15 is 0 Å². The van der Waals surface area contributed by atoms with Crippen LogP contribution in [0.3, 0.4) is 0 Å². The lowest BCUT2D eigenvalue weighted by molar-refractivity contribution is -0.137. The number of nitrogens with zero attached hydrogens (tertiary/aromatic N) is 2. The van der Waals surface area contributed by atoms with E-state index in [1.165, 1.54) is 6.07 Å². The number of hydrogen-bond donors (Lipinski definition) is 1. The molecule has 1 aliphatic rings. The van der Waals surface area contributed by atoms with E-state index in [9.17, 15) is 13.2 Å². The summed E-state index contributed by atoms with van der Waals surface area (Å²) in [5.41, 5.74) is -0.136. The minimum Gasteiger partial charge on any atom is -0.380 e. The first-order valence-electron chi connectivity index (χ1n) is 8.85. The topological polar surface area (TPSA) is 46.1 Å². The quantitative estimate of drug-likeness (QED) is 0.473. The van der Waals surface area contributed by atoms with Gasteiger partial charge in [-0.15, -0.1) is 0 Å². The predicted octanol–water partition coefficient (Wildman–Crippen LogP) is 3.08. The molecule has 1 unspecified atom stereocenters. The Kier molecular flexibility index (Phi) is 7.71. The molecule has 5 nitrogen and oxygen atoms in total. The molecule has 1 N–H and O–H groups in total. The van der Waals surface area contributed by atoms with Gasteiger partial charge in [0.25, 0.3) is 0 Å². The molecule has 2 rings (SSSR count). The van der Waals surface area contributed by atoms with Crippen LogP contribution >= 0.6 is 0 Å². The van der Waals surface area contributed by atoms with Crippen LogP contribution in [0.15, 0.2) is 29.3 Å². The predicted molar refractivity (Wildman–Crippen MR) is 94.2 cm³/mol. The first-order valence-corrected chi connectivity index (χ1v) is 8.85. The van der Waals surface area contributed by atoms with Gasteiger partial charge in [-0.3, -0.25) is 4.99 Å². The number of alkyl halides is 3. The summed E-state index contributed by atoms with van der Waals surface area (Å²) >= 11 is 0. The van der Waals surface area contributed by atoms with Gasteiger partial charge in [0.2, 0.25) is 0 Å². The van der Waals surface area contributed by atoms with Crippen LogP contribution in [0.2, 0.25) is 0 Å². The average molecular weight is 373 g/mol. The third-order valence-corrected chi connectivity index (χ3v) is 3.99. The molecule has 1 atom stereocenters. The Morgan fingerprint density at radius 3 is 2.88 bits per heavy atom. The Balaban J connectivity index is 2.09. The summed E-state index contributed by atoms with van der Waals surface area (Å²) < 4.78 is 49.9. The molecule has 1 heterocycles. The van der Waals surface area contributed by atoms with E-state index in [1.54, 1.807) is 6.07 Å². The summed E-state index contributed by atoms with van der Waals surface area (Å²) in [4.78, 5) is 6.55. The second-order valence-corrected chi connectivity index (χ2v) is 5.86. The molecular formula is C18H26F3N3O2. The largest absolute Gasteiger partial charge is 0.416 e. The molecule has 26 heavy (non-hydrogen) atoms. The van der Waals surface area contributed by atoms with Crippen molar-refractivity contribution in [2.75, 3.05) is 46.0 Å². The lowest BCUT2D eigenvalue weighted by Crippen LogP contribution is -2.48. The van der Waals surface area contributed by atoms with Crippen LogP contribution in [0, 0.1) is 0 Å². The molecule has 0 bridgehead atoms. The van der Waals surface area contributed by atoms with Crippen LogP contribution in [0.1, 0.15) is 31.1 Å². The molecule has 146 valence electrons. The first-order chi connectivity index (χ1) is 12.5. The third kappa shape index (κ3) is 5.88. The van der Waals surface area contributed by atoms with Gasteiger partial charge < -0.3 is 19.7 Å². The maximum atomic E-state index is 13.0. The van der Waals surface area contributed by atoms with Crippen LogP contribution in [0.4, 0.5) is 13.2 Å². The number of guanidine groups is 1. The molecule has 0 saturated carbocycles. The zero-order valence-corrected chi connectivity index (χ0v) is 15.2. The number of nitrogens with one attached hydrogen (secondary N) is 1. The Labute approximate surface area is 152 Å². The summed E-state index contributed by atoms with van der Waals surface area (Å²) in [6.45, 7) is 7.82. The van der Waals surface area contributed by atoms with Gasteiger partial charge in [-0.25, -0.2) is 0 Å². The Bertz CT molecular complexity index is 593. The van der Waals surface area contributed by atoms with Crippen LogP contribution in [-0.2, 0) is 15.7 Å². The van der Waals surface area contributed by atoms with Crippen LogP contribution in [0.25, 0.3) is 0 Å². The van der Waals surface area contributed by atoms with Gasteiger partial charge in [0, 0.05) is 19.7 Å². The molecule has 0 amide bonds. The molecule has 1 fully saturated rings. The molecule has 1 saturated heterocycles. The van der Waals surface area contributed by atoms with E-state index in [0.29, 0.717) is 51.6 Å². The number of benzene rings is 1.